The first-order chi connectivity index (χ1) is 7.81. The molecule has 0 aliphatic rings. The van der Waals surface area contributed by atoms with Gasteiger partial charge in [0.05, 0.1) is 19.9 Å². The highest BCUT2D eigenvalue weighted by molar-refractivity contribution is 5.66. The third-order valence-electron chi connectivity index (χ3n) is 1.39. The molecule has 1 amide bonds. The Hall–Kier alpha value is -0.890. The van der Waals surface area contributed by atoms with Crippen LogP contribution in [-0.4, -0.2) is 45.9 Å². The van der Waals surface area contributed by atoms with E-state index < -0.39 is 6.09 Å². The third kappa shape index (κ3) is 11.2. The summed E-state index contributed by atoms with van der Waals surface area (Å²) in [5, 5.41) is 5.23. The van der Waals surface area contributed by atoms with Crippen molar-refractivity contribution in [3.63, 3.8) is 0 Å². The van der Waals surface area contributed by atoms with Gasteiger partial charge in [-0.2, -0.15) is 0 Å². The van der Waals surface area contributed by atoms with Crippen LogP contribution in [0.25, 0.3) is 0 Å². The molecule has 0 fully saturated rings. The summed E-state index contributed by atoms with van der Waals surface area (Å²) in [6, 6.07) is 0. The second kappa shape index (κ2) is 12.2. The van der Waals surface area contributed by atoms with Gasteiger partial charge in [0.25, 0.3) is 0 Å². The Labute approximate surface area is 95.3 Å². The van der Waals surface area contributed by atoms with E-state index in [0.717, 1.165) is 0 Å². The van der Waals surface area contributed by atoms with Crippen LogP contribution in [-0.2, 0) is 19.2 Å². The van der Waals surface area contributed by atoms with Crippen molar-refractivity contribution in [2.75, 3.05) is 39.8 Å². The highest BCUT2D eigenvalue weighted by Crippen LogP contribution is 1.79. The summed E-state index contributed by atoms with van der Waals surface area (Å²) >= 11 is 0. The molecule has 0 aromatic carbocycles. The number of amides is 1. The van der Waals surface area contributed by atoms with Crippen molar-refractivity contribution >= 4 is 6.09 Å². The Kier molecular flexibility index (Phi) is 11.5. The molecule has 0 spiro atoms. The van der Waals surface area contributed by atoms with Crippen molar-refractivity contribution in [2.45, 2.75) is 13.8 Å². The molecule has 0 radical (unpaired) electrons. The molecular formula is C9H20N2O5. The van der Waals surface area contributed by atoms with E-state index in [1.165, 1.54) is 0 Å². The fourth-order valence-corrected chi connectivity index (χ4v) is 0.747. The van der Waals surface area contributed by atoms with Gasteiger partial charge >= 0.3 is 6.09 Å². The SMILES string of the molecule is CCOCCOOCNCNC(=O)OCC. The minimum atomic E-state index is -0.465. The second-order valence-electron chi connectivity index (χ2n) is 2.61. The smallest absolute Gasteiger partial charge is 0.408 e. The highest BCUT2D eigenvalue weighted by atomic mass is 17.2. The summed E-state index contributed by atoms with van der Waals surface area (Å²) in [7, 11) is 0. The van der Waals surface area contributed by atoms with Gasteiger partial charge in [-0.3, -0.25) is 5.32 Å². The maximum absolute atomic E-state index is 10.8. The first-order valence-electron chi connectivity index (χ1n) is 5.24. The van der Waals surface area contributed by atoms with Crippen LogP contribution in [0.3, 0.4) is 0 Å². The molecule has 0 bridgehead atoms. The zero-order valence-corrected chi connectivity index (χ0v) is 9.78. The summed E-state index contributed by atoms with van der Waals surface area (Å²) in [6.45, 7) is 5.96. The maximum atomic E-state index is 10.8. The Morgan fingerprint density at radius 1 is 1.12 bits per heavy atom. The zero-order chi connectivity index (χ0) is 12.1. The van der Waals surface area contributed by atoms with Crippen LogP contribution >= 0.6 is 0 Å². The topological polar surface area (TPSA) is 78.0 Å². The minimum absolute atomic E-state index is 0.179. The van der Waals surface area contributed by atoms with E-state index in [1.54, 1.807) is 6.92 Å². The third-order valence-corrected chi connectivity index (χ3v) is 1.39. The van der Waals surface area contributed by atoms with Crippen molar-refractivity contribution in [1.29, 1.82) is 0 Å². The van der Waals surface area contributed by atoms with Crippen LogP contribution in [0.4, 0.5) is 4.79 Å². The Morgan fingerprint density at radius 2 is 1.94 bits per heavy atom. The van der Waals surface area contributed by atoms with Gasteiger partial charge in [-0.15, -0.1) is 0 Å². The first-order valence-corrected chi connectivity index (χ1v) is 5.24. The number of carbonyl (C=O) groups excluding carboxylic acids is 1. The number of alkyl carbamates (subject to hydrolysis) is 1. The quantitative estimate of drug-likeness (QED) is 0.244. The number of nitrogens with one attached hydrogen (secondary N) is 2. The molecular weight excluding hydrogens is 216 g/mol. The lowest BCUT2D eigenvalue weighted by atomic mass is 10.7. The second-order valence-corrected chi connectivity index (χ2v) is 2.61. The predicted octanol–water partition coefficient (Wildman–Crippen LogP) is 0.222. The fraction of sp³-hybridized carbons (Fsp3) is 0.889. The number of rotatable bonds is 10. The standard InChI is InChI=1S/C9H20N2O5/c1-3-13-5-6-15-16-8-10-7-11-9(12)14-4-2/h10H,3-8H2,1-2H3,(H,11,12). The molecule has 7 heteroatoms. The van der Waals surface area contributed by atoms with Gasteiger partial charge in [0, 0.05) is 6.61 Å². The highest BCUT2D eigenvalue weighted by Gasteiger charge is 1.97. The molecule has 0 aliphatic carbocycles. The number of hydrogen-bond donors (Lipinski definition) is 2. The van der Waals surface area contributed by atoms with Gasteiger partial charge in [0.1, 0.15) is 13.3 Å². The number of ether oxygens (including phenoxy) is 2. The van der Waals surface area contributed by atoms with E-state index in [1.807, 2.05) is 6.92 Å². The van der Waals surface area contributed by atoms with Gasteiger partial charge in [-0.25, -0.2) is 14.6 Å². The molecule has 0 saturated carbocycles. The van der Waals surface area contributed by atoms with E-state index >= 15 is 0 Å². The Morgan fingerprint density at radius 3 is 2.62 bits per heavy atom. The molecule has 2 N–H and O–H groups in total. The van der Waals surface area contributed by atoms with Crippen molar-refractivity contribution in [2.24, 2.45) is 0 Å². The summed E-state index contributed by atoms with van der Waals surface area (Å²) in [5.74, 6) is 0. The van der Waals surface area contributed by atoms with E-state index in [9.17, 15) is 4.79 Å². The maximum Gasteiger partial charge on any atom is 0.408 e. The van der Waals surface area contributed by atoms with E-state index in [2.05, 4.69) is 15.4 Å². The lowest BCUT2D eigenvalue weighted by Gasteiger charge is -2.07. The van der Waals surface area contributed by atoms with Crippen molar-refractivity contribution < 1.29 is 24.0 Å². The van der Waals surface area contributed by atoms with Crippen LogP contribution in [0.2, 0.25) is 0 Å². The molecule has 96 valence electrons. The summed E-state index contributed by atoms with van der Waals surface area (Å²) in [4.78, 5) is 20.3. The molecule has 0 heterocycles. The molecule has 16 heavy (non-hydrogen) atoms. The normalized spacial score (nSPS) is 10.1. The van der Waals surface area contributed by atoms with Gasteiger partial charge in [-0.1, -0.05) is 0 Å². The molecule has 0 unspecified atom stereocenters. The molecule has 0 saturated heterocycles. The summed E-state index contributed by atoms with van der Waals surface area (Å²) < 4.78 is 9.66. The fourth-order valence-electron chi connectivity index (χ4n) is 0.747. The van der Waals surface area contributed by atoms with Gasteiger partial charge < -0.3 is 14.8 Å². The molecule has 0 aromatic rings. The molecule has 0 aliphatic heterocycles. The largest absolute Gasteiger partial charge is 0.450 e. The monoisotopic (exact) mass is 236 g/mol. The minimum Gasteiger partial charge on any atom is -0.450 e. The average molecular weight is 236 g/mol. The number of carbonyl (C=O) groups is 1. The van der Waals surface area contributed by atoms with Gasteiger partial charge in [-0.05, 0) is 13.8 Å². The number of hydrogen-bond acceptors (Lipinski definition) is 6. The average Bonchev–Trinajstić information content (AvgIpc) is 2.27. The van der Waals surface area contributed by atoms with Crippen LogP contribution in [0.15, 0.2) is 0 Å². The van der Waals surface area contributed by atoms with Crippen molar-refractivity contribution in [1.82, 2.24) is 10.6 Å². The van der Waals surface area contributed by atoms with Gasteiger partial charge in [0.15, 0.2) is 0 Å². The molecule has 0 aromatic heterocycles. The lowest BCUT2D eigenvalue weighted by molar-refractivity contribution is -0.303. The van der Waals surface area contributed by atoms with Crippen molar-refractivity contribution in [3.8, 4) is 0 Å². The van der Waals surface area contributed by atoms with Gasteiger partial charge in [0.2, 0.25) is 0 Å². The Balaban J connectivity index is 3.01. The predicted molar refractivity (Wildman–Crippen MR) is 56.6 cm³/mol. The lowest BCUT2D eigenvalue weighted by Crippen LogP contribution is -2.35. The van der Waals surface area contributed by atoms with Crippen LogP contribution in [0, 0.1) is 0 Å². The molecule has 7 nitrogen and oxygen atoms in total. The van der Waals surface area contributed by atoms with E-state index in [-0.39, 0.29) is 13.4 Å². The molecule has 0 rings (SSSR count). The zero-order valence-electron chi connectivity index (χ0n) is 9.78. The van der Waals surface area contributed by atoms with E-state index in [0.29, 0.717) is 26.4 Å². The Bertz CT molecular complexity index is 168. The van der Waals surface area contributed by atoms with E-state index in [4.69, 9.17) is 14.5 Å². The van der Waals surface area contributed by atoms with Crippen molar-refractivity contribution in [3.05, 3.63) is 0 Å². The molecule has 0 atom stereocenters. The van der Waals surface area contributed by atoms with Crippen LogP contribution in [0.5, 0.6) is 0 Å². The van der Waals surface area contributed by atoms with Crippen LogP contribution in [0.1, 0.15) is 13.8 Å². The summed E-state index contributed by atoms with van der Waals surface area (Å²) in [5.41, 5.74) is 0. The van der Waals surface area contributed by atoms with Crippen LogP contribution < -0.4 is 10.6 Å². The summed E-state index contributed by atoms with van der Waals surface area (Å²) in [6.07, 6.45) is -0.465. The first kappa shape index (κ1) is 15.1.